The van der Waals surface area contributed by atoms with Crippen LogP contribution < -0.4 is 16.6 Å². The maximum Gasteiger partial charge on any atom is 0.252 e. The minimum atomic E-state index is -0.931. The summed E-state index contributed by atoms with van der Waals surface area (Å²) in [7, 11) is 0. The van der Waals surface area contributed by atoms with Crippen LogP contribution in [0.25, 0.3) is 0 Å². The Kier molecular flexibility index (Phi) is 4.26. The zero-order valence-electron chi connectivity index (χ0n) is 10.5. The lowest BCUT2D eigenvalue weighted by atomic mass is 10.1. The highest BCUT2D eigenvalue weighted by atomic mass is 32.1. The van der Waals surface area contributed by atoms with Gasteiger partial charge in [0.2, 0.25) is 0 Å². The largest absolute Gasteiger partial charge is 0.343 e. The first kappa shape index (κ1) is 14.4. The Morgan fingerprint density at radius 3 is 2.55 bits per heavy atom. The summed E-state index contributed by atoms with van der Waals surface area (Å²) in [4.78, 5) is 16.0. The van der Waals surface area contributed by atoms with Gasteiger partial charge < -0.3 is 10.7 Å². The van der Waals surface area contributed by atoms with Gasteiger partial charge in [-0.3, -0.25) is 10.6 Å². The first-order valence-electron chi connectivity index (χ1n) is 5.69. The van der Waals surface area contributed by atoms with E-state index in [1.54, 1.807) is 18.5 Å². The summed E-state index contributed by atoms with van der Waals surface area (Å²) in [6.45, 7) is 1.74. The van der Waals surface area contributed by atoms with E-state index in [1.165, 1.54) is 11.3 Å². The first-order valence-corrected chi connectivity index (χ1v) is 6.56. The highest BCUT2D eigenvalue weighted by Gasteiger charge is 2.17. The fourth-order valence-corrected chi connectivity index (χ4v) is 2.28. The Morgan fingerprint density at radius 2 is 2.05 bits per heavy atom. The number of carbonyl (C=O) groups excluding carboxylic acids is 1. The summed E-state index contributed by atoms with van der Waals surface area (Å²) in [5.74, 6) is 2.53. The molecule has 0 aliphatic rings. The Balaban J connectivity index is 2.17. The van der Waals surface area contributed by atoms with E-state index >= 15 is 0 Å². The second-order valence-corrected chi connectivity index (χ2v) is 4.95. The monoisotopic (exact) mass is 298 g/mol. The van der Waals surface area contributed by atoms with Crippen LogP contribution in [-0.4, -0.2) is 10.9 Å². The van der Waals surface area contributed by atoms with Crippen molar-refractivity contribution in [3.8, 4) is 0 Å². The number of rotatable bonds is 4. The van der Waals surface area contributed by atoms with Gasteiger partial charge in [0.15, 0.2) is 11.6 Å². The number of halogens is 2. The number of hydrazine groups is 1. The Hall–Kier alpha value is -2.06. The molecule has 1 atom stereocenters. The van der Waals surface area contributed by atoms with Crippen LogP contribution in [0.1, 0.15) is 28.3 Å². The molecule has 1 aromatic heterocycles. The van der Waals surface area contributed by atoms with Crippen molar-refractivity contribution >= 4 is 22.9 Å². The van der Waals surface area contributed by atoms with E-state index in [0.29, 0.717) is 5.01 Å². The summed E-state index contributed by atoms with van der Waals surface area (Å²) in [5, 5.41) is 5.10. The molecule has 1 unspecified atom stereocenters. The van der Waals surface area contributed by atoms with E-state index < -0.39 is 23.2 Å². The third-order valence-electron chi connectivity index (χ3n) is 2.62. The molecule has 1 heterocycles. The number of aromatic nitrogens is 1. The van der Waals surface area contributed by atoms with Crippen molar-refractivity contribution in [3.05, 3.63) is 45.9 Å². The van der Waals surface area contributed by atoms with Crippen LogP contribution in [0.2, 0.25) is 0 Å². The standard InChI is InChI=1S/C12H12F2N4OS/c1-6(12-16-2-3-20-12)17-11(19)7-4-8(13)10(18-15)9(14)5-7/h2-6,18H,15H2,1H3,(H,17,19). The number of thiazole rings is 1. The molecule has 20 heavy (non-hydrogen) atoms. The lowest BCUT2D eigenvalue weighted by Gasteiger charge is -2.12. The van der Waals surface area contributed by atoms with Crippen LogP contribution in [0.15, 0.2) is 23.7 Å². The third kappa shape index (κ3) is 2.91. The number of anilines is 1. The summed E-state index contributed by atoms with van der Waals surface area (Å²) in [5.41, 5.74) is 1.30. The topological polar surface area (TPSA) is 80.0 Å². The van der Waals surface area contributed by atoms with Crippen LogP contribution in [0.5, 0.6) is 0 Å². The molecule has 8 heteroatoms. The van der Waals surface area contributed by atoms with Crippen molar-refractivity contribution < 1.29 is 13.6 Å². The lowest BCUT2D eigenvalue weighted by molar-refractivity contribution is 0.0939. The van der Waals surface area contributed by atoms with E-state index in [-0.39, 0.29) is 11.6 Å². The molecule has 1 aromatic carbocycles. The zero-order valence-corrected chi connectivity index (χ0v) is 11.3. The van der Waals surface area contributed by atoms with Gasteiger partial charge in [-0.2, -0.15) is 0 Å². The molecule has 0 spiro atoms. The van der Waals surface area contributed by atoms with Gasteiger partial charge in [-0.05, 0) is 19.1 Å². The average Bonchev–Trinajstić information content (AvgIpc) is 2.92. The number of nitrogens with two attached hydrogens (primary N) is 1. The molecule has 0 bridgehead atoms. The van der Waals surface area contributed by atoms with Gasteiger partial charge in [0, 0.05) is 17.1 Å². The second-order valence-electron chi connectivity index (χ2n) is 4.02. The number of carbonyl (C=O) groups is 1. The molecule has 4 N–H and O–H groups in total. The molecular formula is C12H12F2N4OS. The summed E-state index contributed by atoms with van der Waals surface area (Å²) in [6.07, 6.45) is 1.61. The van der Waals surface area contributed by atoms with Gasteiger partial charge in [0.1, 0.15) is 10.7 Å². The summed E-state index contributed by atoms with van der Waals surface area (Å²) in [6, 6.07) is 1.49. The molecule has 2 aromatic rings. The SMILES string of the molecule is CC(NC(=O)c1cc(F)c(NN)c(F)c1)c1nccs1. The van der Waals surface area contributed by atoms with Crippen LogP contribution in [-0.2, 0) is 0 Å². The Bertz CT molecular complexity index is 595. The van der Waals surface area contributed by atoms with E-state index in [2.05, 4.69) is 10.3 Å². The third-order valence-corrected chi connectivity index (χ3v) is 3.58. The first-order chi connectivity index (χ1) is 9.52. The maximum absolute atomic E-state index is 13.5. The van der Waals surface area contributed by atoms with Crippen molar-refractivity contribution in [1.29, 1.82) is 0 Å². The average molecular weight is 298 g/mol. The fraction of sp³-hybridized carbons (Fsp3) is 0.167. The predicted molar refractivity (Wildman–Crippen MR) is 72.2 cm³/mol. The molecule has 2 rings (SSSR count). The van der Waals surface area contributed by atoms with Gasteiger partial charge >= 0.3 is 0 Å². The van der Waals surface area contributed by atoms with Crippen LogP contribution in [0, 0.1) is 11.6 Å². The molecule has 0 aliphatic carbocycles. The minimum absolute atomic E-state index is 0.123. The summed E-state index contributed by atoms with van der Waals surface area (Å²) >= 11 is 1.38. The normalized spacial score (nSPS) is 12.0. The number of nitrogen functional groups attached to an aromatic ring is 1. The number of hydrogen-bond donors (Lipinski definition) is 3. The quantitative estimate of drug-likeness (QED) is 0.597. The highest BCUT2D eigenvalue weighted by molar-refractivity contribution is 7.09. The number of amides is 1. The van der Waals surface area contributed by atoms with Crippen LogP contribution >= 0.6 is 11.3 Å². The van der Waals surface area contributed by atoms with E-state index in [0.717, 1.165) is 12.1 Å². The van der Waals surface area contributed by atoms with Crippen LogP contribution in [0.4, 0.5) is 14.5 Å². The smallest absolute Gasteiger partial charge is 0.252 e. The van der Waals surface area contributed by atoms with Crippen molar-refractivity contribution in [2.45, 2.75) is 13.0 Å². The van der Waals surface area contributed by atoms with Gasteiger partial charge in [-0.25, -0.2) is 13.8 Å². The van der Waals surface area contributed by atoms with E-state index in [4.69, 9.17) is 5.84 Å². The molecule has 0 saturated heterocycles. The summed E-state index contributed by atoms with van der Waals surface area (Å²) < 4.78 is 27.0. The molecule has 5 nitrogen and oxygen atoms in total. The maximum atomic E-state index is 13.5. The van der Waals surface area contributed by atoms with E-state index in [1.807, 2.05) is 5.43 Å². The van der Waals surface area contributed by atoms with Gasteiger partial charge in [0.05, 0.1) is 6.04 Å². The van der Waals surface area contributed by atoms with Crippen molar-refractivity contribution in [1.82, 2.24) is 10.3 Å². The highest BCUT2D eigenvalue weighted by Crippen LogP contribution is 2.21. The molecule has 0 radical (unpaired) electrons. The van der Waals surface area contributed by atoms with Crippen molar-refractivity contribution in [3.63, 3.8) is 0 Å². The Labute approximate surface area is 117 Å². The predicted octanol–water partition coefficient (Wildman–Crippen LogP) is 2.20. The zero-order chi connectivity index (χ0) is 14.7. The van der Waals surface area contributed by atoms with Gasteiger partial charge in [-0.15, -0.1) is 11.3 Å². The fourth-order valence-electron chi connectivity index (χ4n) is 1.63. The number of hydrogen-bond acceptors (Lipinski definition) is 5. The molecule has 0 fully saturated rings. The van der Waals surface area contributed by atoms with Crippen LogP contribution in [0.3, 0.4) is 0 Å². The van der Waals surface area contributed by atoms with E-state index in [9.17, 15) is 13.6 Å². The Morgan fingerprint density at radius 1 is 1.40 bits per heavy atom. The molecular weight excluding hydrogens is 286 g/mol. The van der Waals surface area contributed by atoms with Crippen molar-refractivity contribution in [2.75, 3.05) is 5.43 Å². The minimum Gasteiger partial charge on any atom is -0.343 e. The number of nitrogens with zero attached hydrogens (tertiary/aromatic N) is 1. The van der Waals surface area contributed by atoms with Crippen molar-refractivity contribution in [2.24, 2.45) is 5.84 Å². The number of nitrogens with one attached hydrogen (secondary N) is 2. The molecule has 0 aliphatic heterocycles. The number of benzene rings is 1. The molecule has 106 valence electrons. The molecule has 1 amide bonds. The van der Waals surface area contributed by atoms with Gasteiger partial charge in [-0.1, -0.05) is 0 Å². The lowest BCUT2D eigenvalue weighted by Crippen LogP contribution is -2.27. The second kappa shape index (κ2) is 5.93. The molecule has 0 saturated carbocycles. The van der Waals surface area contributed by atoms with Gasteiger partial charge in [0.25, 0.3) is 5.91 Å².